The summed E-state index contributed by atoms with van der Waals surface area (Å²) in [6.07, 6.45) is 0. The highest BCUT2D eigenvalue weighted by Crippen LogP contribution is 2.42. The van der Waals surface area contributed by atoms with Crippen molar-refractivity contribution in [3.63, 3.8) is 0 Å². The lowest BCUT2D eigenvalue weighted by Crippen LogP contribution is -1.99. The zero-order chi connectivity index (χ0) is 31.6. The summed E-state index contributed by atoms with van der Waals surface area (Å²) in [4.78, 5) is 0. The largest absolute Gasteiger partial charge is 0.309 e. The van der Waals surface area contributed by atoms with Gasteiger partial charge in [-0.2, -0.15) is 0 Å². The predicted octanol–water partition coefficient (Wildman–Crippen LogP) is 12.4. The first kappa shape index (κ1) is 26.8. The number of rotatable bonds is 4. The second-order valence-corrected chi connectivity index (χ2v) is 12.6. The van der Waals surface area contributed by atoms with Gasteiger partial charge in [0, 0.05) is 32.8 Å². The third-order valence-electron chi connectivity index (χ3n) is 9.87. The Hall–Kier alpha value is -6.38. The fraction of sp³-hybridized carbons (Fsp3) is 0. The van der Waals surface area contributed by atoms with Crippen molar-refractivity contribution >= 4 is 54.4 Å². The molecule has 0 aliphatic carbocycles. The maximum atomic E-state index is 2.49. The highest BCUT2D eigenvalue weighted by atomic mass is 15.0. The molecule has 48 heavy (non-hydrogen) atoms. The number of aromatic nitrogens is 2. The van der Waals surface area contributed by atoms with E-state index in [1.54, 1.807) is 0 Å². The molecule has 0 spiro atoms. The van der Waals surface area contributed by atoms with Crippen LogP contribution in [0.25, 0.3) is 88.0 Å². The van der Waals surface area contributed by atoms with Gasteiger partial charge in [0.2, 0.25) is 0 Å². The van der Waals surface area contributed by atoms with Gasteiger partial charge in [-0.3, -0.25) is 0 Å². The van der Waals surface area contributed by atoms with Gasteiger partial charge in [0.25, 0.3) is 0 Å². The van der Waals surface area contributed by atoms with Crippen LogP contribution in [0.1, 0.15) is 0 Å². The van der Waals surface area contributed by atoms with Gasteiger partial charge in [-0.05, 0) is 76.0 Å². The minimum atomic E-state index is 1.16. The topological polar surface area (TPSA) is 9.86 Å². The first-order chi connectivity index (χ1) is 23.8. The predicted molar refractivity (Wildman–Crippen MR) is 203 cm³/mol. The lowest BCUT2D eigenvalue weighted by molar-refractivity contribution is 1.17. The Bertz CT molecular complexity index is 2810. The molecule has 10 aromatic rings. The van der Waals surface area contributed by atoms with Gasteiger partial charge in [-0.15, -0.1) is 0 Å². The van der Waals surface area contributed by atoms with E-state index >= 15 is 0 Å². The molecule has 0 saturated carbocycles. The Labute approximate surface area is 278 Å². The Morgan fingerprint density at radius 3 is 1.62 bits per heavy atom. The van der Waals surface area contributed by atoms with E-state index in [1.165, 1.54) is 82.3 Å². The van der Waals surface area contributed by atoms with Gasteiger partial charge in [-0.25, -0.2) is 0 Å². The molecule has 2 heterocycles. The van der Waals surface area contributed by atoms with E-state index in [2.05, 4.69) is 191 Å². The molecule has 2 aromatic heterocycles. The number of nitrogens with zero attached hydrogens (tertiary/aromatic N) is 2. The van der Waals surface area contributed by atoms with Crippen LogP contribution in [0, 0.1) is 0 Å². The molecular formula is C46H30N2. The summed E-state index contributed by atoms with van der Waals surface area (Å²) in [6, 6.07) is 66.3. The average molecular weight is 611 g/mol. The third kappa shape index (κ3) is 4.06. The van der Waals surface area contributed by atoms with Crippen LogP contribution in [-0.2, 0) is 0 Å². The lowest BCUT2D eigenvalue weighted by Gasteiger charge is -2.16. The van der Waals surface area contributed by atoms with Gasteiger partial charge in [-0.1, -0.05) is 133 Å². The van der Waals surface area contributed by atoms with Crippen molar-refractivity contribution in [1.82, 2.24) is 9.13 Å². The van der Waals surface area contributed by atoms with E-state index in [9.17, 15) is 0 Å². The van der Waals surface area contributed by atoms with Crippen molar-refractivity contribution in [2.45, 2.75) is 0 Å². The fourth-order valence-electron chi connectivity index (χ4n) is 7.67. The molecule has 0 aliphatic heterocycles. The summed E-state index contributed by atoms with van der Waals surface area (Å²) in [5.74, 6) is 0. The molecule has 0 bridgehead atoms. The first-order valence-electron chi connectivity index (χ1n) is 16.5. The van der Waals surface area contributed by atoms with Crippen LogP contribution < -0.4 is 0 Å². The first-order valence-corrected chi connectivity index (χ1v) is 16.5. The molecule has 2 nitrogen and oxygen atoms in total. The van der Waals surface area contributed by atoms with E-state index in [-0.39, 0.29) is 0 Å². The zero-order valence-corrected chi connectivity index (χ0v) is 26.2. The molecule has 10 rings (SSSR count). The second-order valence-electron chi connectivity index (χ2n) is 12.6. The lowest BCUT2D eigenvalue weighted by atomic mass is 9.98. The number of hydrogen-bond acceptors (Lipinski definition) is 0. The van der Waals surface area contributed by atoms with Crippen LogP contribution >= 0.6 is 0 Å². The van der Waals surface area contributed by atoms with E-state index in [1.807, 2.05) is 0 Å². The Morgan fingerprint density at radius 1 is 0.292 bits per heavy atom. The zero-order valence-electron chi connectivity index (χ0n) is 26.2. The summed E-state index contributed by atoms with van der Waals surface area (Å²) in [7, 11) is 0. The smallest absolute Gasteiger partial charge is 0.0562 e. The van der Waals surface area contributed by atoms with Crippen LogP contribution in [0.15, 0.2) is 182 Å². The number of para-hydroxylation sites is 2. The number of benzene rings is 8. The fourth-order valence-corrected chi connectivity index (χ4v) is 7.67. The maximum absolute atomic E-state index is 2.49. The van der Waals surface area contributed by atoms with E-state index in [4.69, 9.17) is 0 Å². The Balaban J connectivity index is 1.37. The maximum Gasteiger partial charge on any atom is 0.0562 e. The molecule has 0 saturated heterocycles. The molecule has 0 N–H and O–H groups in total. The van der Waals surface area contributed by atoms with Gasteiger partial charge in [0.1, 0.15) is 0 Å². The SMILES string of the molecule is c1ccc(-c2ccc(-c3ccccc3)c(-n3c4ccccc4c4cc5c6cc7ccccc7cc6n(-c6ccccc6)c5cc43)c2)cc1. The highest BCUT2D eigenvalue weighted by molar-refractivity contribution is 6.21. The molecular weight excluding hydrogens is 581 g/mol. The molecule has 0 aliphatic rings. The molecule has 224 valence electrons. The standard InChI is InChI=1S/C46H30N2/c1-4-14-31(15-5-1)35-24-25-37(32-16-6-2-7-17-32)43(28-35)48-42-23-13-12-22-38(42)40-29-41-39-26-33-18-10-11-19-34(33)27-44(39)47(45(41)30-46(40)48)36-20-8-3-9-21-36/h1-30H. The van der Waals surface area contributed by atoms with Crippen molar-refractivity contribution in [3.05, 3.63) is 182 Å². The van der Waals surface area contributed by atoms with Crippen molar-refractivity contribution in [2.75, 3.05) is 0 Å². The normalized spacial score (nSPS) is 11.8. The third-order valence-corrected chi connectivity index (χ3v) is 9.87. The summed E-state index contributed by atoms with van der Waals surface area (Å²) < 4.78 is 4.93. The average Bonchev–Trinajstić information content (AvgIpc) is 3.65. The monoisotopic (exact) mass is 610 g/mol. The van der Waals surface area contributed by atoms with Crippen molar-refractivity contribution in [2.24, 2.45) is 0 Å². The van der Waals surface area contributed by atoms with E-state index in [0.29, 0.717) is 0 Å². The Kier molecular flexibility index (Phi) is 5.91. The molecule has 8 aromatic carbocycles. The summed E-state index contributed by atoms with van der Waals surface area (Å²) >= 11 is 0. The minimum Gasteiger partial charge on any atom is -0.309 e. The van der Waals surface area contributed by atoms with Crippen LogP contribution in [0.4, 0.5) is 0 Å². The van der Waals surface area contributed by atoms with E-state index in [0.717, 1.165) is 5.69 Å². The summed E-state index contributed by atoms with van der Waals surface area (Å²) in [5, 5.41) is 7.53. The van der Waals surface area contributed by atoms with Crippen molar-refractivity contribution < 1.29 is 0 Å². The molecule has 0 atom stereocenters. The van der Waals surface area contributed by atoms with Crippen LogP contribution in [0.2, 0.25) is 0 Å². The van der Waals surface area contributed by atoms with Crippen LogP contribution in [0.5, 0.6) is 0 Å². The molecule has 0 radical (unpaired) electrons. The molecule has 0 unspecified atom stereocenters. The Morgan fingerprint density at radius 2 is 0.854 bits per heavy atom. The minimum absolute atomic E-state index is 1.16. The van der Waals surface area contributed by atoms with Crippen LogP contribution in [0.3, 0.4) is 0 Å². The van der Waals surface area contributed by atoms with Gasteiger partial charge < -0.3 is 9.13 Å². The number of hydrogen-bond donors (Lipinski definition) is 0. The number of fused-ring (bicyclic) bond motifs is 7. The van der Waals surface area contributed by atoms with Gasteiger partial charge in [0.15, 0.2) is 0 Å². The van der Waals surface area contributed by atoms with Gasteiger partial charge in [0.05, 0.1) is 27.8 Å². The molecule has 0 fully saturated rings. The molecule has 2 heteroatoms. The quantitative estimate of drug-likeness (QED) is 0.188. The summed E-state index contributed by atoms with van der Waals surface area (Å²) in [5.41, 5.74) is 11.9. The van der Waals surface area contributed by atoms with Gasteiger partial charge >= 0.3 is 0 Å². The van der Waals surface area contributed by atoms with Crippen LogP contribution in [-0.4, -0.2) is 9.13 Å². The summed E-state index contributed by atoms with van der Waals surface area (Å²) in [6.45, 7) is 0. The van der Waals surface area contributed by atoms with Crippen molar-refractivity contribution in [1.29, 1.82) is 0 Å². The van der Waals surface area contributed by atoms with E-state index < -0.39 is 0 Å². The second kappa shape index (κ2) is 10.6. The molecule has 0 amide bonds. The van der Waals surface area contributed by atoms with Crippen molar-refractivity contribution in [3.8, 4) is 33.6 Å². The highest BCUT2D eigenvalue weighted by Gasteiger charge is 2.21.